The van der Waals surface area contributed by atoms with Crippen LogP contribution < -0.4 is 15.2 Å². The molecule has 0 atom stereocenters. The SMILES string of the molecule is CCOc1ccc(C(=O)c2cccc(OC)c2N)cc1. The Hall–Kier alpha value is -2.49. The third-order valence-electron chi connectivity index (χ3n) is 2.96. The molecule has 2 aromatic carbocycles. The van der Waals surface area contributed by atoms with Crippen LogP contribution >= 0.6 is 0 Å². The highest BCUT2D eigenvalue weighted by Crippen LogP contribution is 2.27. The highest BCUT2D eigenvalue weighted by Gasteiger charge is 2.14. The molecule has 2 aromatic rings. The van der Waals surface area contributed by atoms with Crippen LogP contribution in [-0.2, 0) is 0 Å². The largest absolute Gasteiger partial charge is 0.495 e. The van der Waals surface area contributed by atoms with Crippen LogP contribution in [0.25, 0.3) is 0 Å². The molecular weight excluding hydrogens is 254 g/mol. The van der Waals surface area contributed by atoms with Gasteiger partial charge in [-0.2, -0.15) is 0 Å². The van der Waals surface area contributed by atoms with E-state index in [0.29, 0.717) is 29.2 Å². The van der Waals surface area contributed by atoms with Crippen LogP contribution in [0.3, 0.4) is 0 Å². The van der Waals surface area contributed by atoms with Crippen molar-refractivity contribution in [1.82, 2.24) is 0 Å². The third-order valence-corrected chi connectivity index (χ3v) is 2.96. The Kier molecular flexibility index (Phi) is 4.25. The third kappa shape index (κ3) is 2.74. The van der Waals surface area contributed by atoms with Gasteiger partial charge >= 0.3 is 0 Å². The summed E-state index contributed by atoms with van der Waals surface area (Å²) >= 11 is 0. The van der Waals surface area contributed by atoms with Crippen LogP contribution in [0.4, 0.5) is 5.69 Å². The molecule has 0 radical (unpaired) electrons. The van der Waals surface area contributed by atoms with E-state index in [4.69, 9.17) is 15.2 Å². The lowest BCUT2D eigenvalue weighted by Gasteiger charge is -2.09. The van der Waals surface area contributed by atoms with Crippen LogP contribution in [0.15, 0.2) is 42.5 Å². The molecule has 0 fully saturated rings. The van der Waals surface area contributed by atoms with Gasteiger partial charge in [-0.15, -0.1) is 0 Å². The van der Waals surface area contributed by atoms with Gasteiger partial charge in [0, 0.05) is 11.1 Å². The summed E-state index contributed by atoms with van der Waals surface area (Å²) in [5.74, 6) is 1.11. The summed E-state index contributed by atoms with van der Waals surface area (Å²) in [4.78, 5) is 12.4. The van der Waals surface area contributed by atoms with Crippen molar-refractivity contribution in [2.24, 2.45) is 0 Å². The molecule has 0 aromatic heterocycles. The number of carbonyl (C=O) groups excluding carboxylic acids is 1. The Morgan fingerprint density at radius 2 is 1.85 bits per heavy atom. The molecule has 4 nitrogen and oxygen atoms in total. The van der Waals surface area contributed by atoms with Crippen molar-refractivity contribution < 1.29 is 14.3 Å². The van der Waals surface area contributed by atoms with Crippen LogP contribution in [0.1, 0.15) is 22.8 Å². The van der Waals surface area contributed by atoms with Gasteiger partial charge in [-0.3, -0.25) is 4.79 Å². The van der Waals surface area contributed by atoms with Crippen LogP contribution in [0, 0.1) is 0 Å². The number of nitrogens with two attached hydrogens (primary N) is 1. The highest BCUT2D eigenvalue weighted by molar-refractivity contribution is 6.12. The van der Waals surface area contributed by atoms with Gasteiger partial charge in [0.25, 0.3) is 0 Å². The summed E-state index contributed by atoms with van der Waals surface area (Å²) in [5.41, 5.74) is 7.30. The number of ketones is 1. The Bertz CT molecular complexity index is 606. The number of hydrogen-bond acceptors (Lipinski definition) is 4. The standard InChI is InChI=1S/C16H17NO3/c1-3-20-12-9-7-11(8-10-12)16(18)13-5-4-6-14(19-2)15(13)17/h4-10H,3,17H2,1-2H3. The van der Waals surface area contributed by atoms with Crippen molar-refractivity contribution in [3.05, 3.63) is 53.6 Å². The number of carbonyl (C=O) groups is 1. The Morgan fingerprint density at radius 3 is 2.45 bits per heavy atom. The predicted molar refractivity (Wildman–Crippen MR) is 78.4 cm³/mol. The number of rotatable bonds is 5. The van der Waals surface area contributed by atoms with E-state index < -0.39 is 0 Å². The number of methoxy groups -OCH3 is 1. The van der Waals surface area contributed by atoms with Crippen molar-refractivity contribution in [2.75, 3.05) is 19.5 Å². The van der Waals surface area contributed by atoms with Gasteiger partial charge in [-0.25, -0.2) is 0 Å². The van der Waals surface area contributed by atoms with Gasteiger partial charge < -0.3 is 15.2 Å². The first-order valence-corrected chi connectivity index (χ1v) is 6.37. The summed E-state index contributed by atoms with van der Waals surface area (Å²) in [7, 11) is 1.52. The normalized spacial score (nSPS) is 10.1. The minimum atomic E-state index is -0.135. The zero-order chi connectivity index (χ0) is 14.5. The summed E-state index contributed by atoms with van der Waals surface area (Å²) in [6.07, 6.45) is 0. The second-order valence-corrected chi connectivity index (χ2v) is 4.21. The summed E-state index contributed by atoms with van der Waals surface area (Å²) in [6, 6.07) is 12.2. The first-order valence-electron chi connectivity index (χ1n) is 6.37. The number of nitrogen functional groups attached to an aromatic ring is 1. The molecule has 0 amide bonds. The summed E-state index contributed by atoms with van der Waals surface area (Å²) in [5, 5.41) is 0. The van der Waals surface area contributed by atoms with Gasteiger partial charge in [-0.1, -0.05) is 6.07 Å². The first kappa shape index (κ1) is 13.9. The molecule has 0 saturated heterocycles. The average Bonchev–Trinajstić information content (AvgIpc) is 2.48. The van der Waals surface area contributed by atoms with Crippen molar-refractivity contribution >= 4 is 11.5 Å². The van der Waals surface area contributed by atoms with E-state index in [1.165, 1.54) is 7.11 Å². The van der Waals surface area contributed by atoms with Gasteiger partial charge in [0.15, 0.2) is 5.78 Å². The molecule has 0 spiro atoms. The molecule has 2 N–H and O–H groups in total. The predicted octanol–water partition coefficient (Wildman–Crippen LogP) is 2.91. The molecule has 0 aliphatic carbocycles. The molecule has 4 heteroatoms. The minimum absolute atomic E-state index is 0.135. The molecule has 0 aliphatic rings. The average molecular weight is 271 g/mol. The van der Waals surface area contributed by atoms with E-state index in [1.54, 1.807) is 42.5 Å². The zero-order valence-corrected chi connectivity index (χ0v) is 11.6. The molecule has 20 heavy (non-hydrogen) atoms. The minimum Gasteiger partial charge on any atom is -0.495 e. The Morgan fingerprint density at radius 1 is 1.15 bits per heavy atom. The smallest absolute Gasteiger partial charge is 0.195 e. The fraction of sp³-hybridized carbons (Fsp3) is 0.188. The highest BCUT2D eigenvalue weighted by atomic mass is 16.5. The molecule has 2 rings (SSSR count). The Balaban J connectivity index is 2.31. The molecule has 0 heterocycles. The Labute approximate surface area is 118 Å². The monoisotopic (exact) mass is 271 g/mol. The number of benzene rings is 2. The quantitative estimate of drug-likeness (QED) is 0.671. The second kappa shape index (κ2) is 6.10. The van der Waals surface area contributed by atoms with E-state index in [0.717, 1.165) is 5.75 Å². The van der Waals surface area contributed by atoms with E-state index in [9.17, 15) is 4.79 Å². The molecule has 0 unspecified atom stereocenters. The summed E-state index contributed by atoms with van der Waals surface area (Å²) < 4.78 is 10.5. The number of anilines is 1. The van der Waals surface area contributed by atoms with Crippen LogP contribution in [0.5, 0.6) is 11.5 Å². The number of ether oxygens (including phenoxy) is 2. The molecule has 0 saturated carbocycles. The van der Waals surface area contributed by atoms with Crippen molar-refractivity contribution in [1.29, 1.82) is 0 Å². The van der Waals surface area contributed by atoms with Gasteiger partial charge in [0.05, 0.1) is 19.4 Å². The molecule has 104 valence electrons. The van der Waals surface area contributed by atoms with Gasteiger partial charge in [-0.05, 0) is 43.3 Å². The van der Waals surface area contributed by atoms with Crippen molar-refractivity contribution in [3.8, 4) is 11.5 Å². The van der Waals surface area contributed by atoms with Crippen molar-refractivity contribution in [3.63, 3.8) is 0 Å². The van der Waals surface area contributed by atoms with Gasteiger partial charge in [0.1, 0.15) is 11.5 Å². The number of hydrogen-bond donors (Lipinski definition) is 1. The fourth-order valence-electron chi connectivity index (χ4n) is 1.94. The maximum Gasteiger partial charge on any atom is 0.195 e. The lowest BCUT2D eigenvalue weighted by Crippen LogP contribution is -2.06. The molecule has 0 bridgehead atoms. The fourth-order valence-corrected chi connectivity index (χ4v) is 1.94. The van der Waals surface area contributed by atoms with E-state index in [-0.39, 0.29) is 5.78 Å². The number of para-hydroxylation sites is 1. The van der Waals surface area contributed by atoms with E-state index in [2.05, 4.69) is 0 Å². The lowest BCUT2D eigenvalue weighted by molar-refractivity contribution is 0.103. The maximum atomic E-state index is 12.4. The van der Waals surface area contributed by atoms with Gasteiger partial charge in [0.2, 0.25) is 0 Å². The van der Waals surface area contributed by atoms with Crippen LogP contribution in [0.2, 0.25) is 0 Å². The van der Waals surface area contributed by atoms with E-state index in [1.807, 2.05) is 6.92 Å². The second-order valence-electron chi connectivity index (χ2n) is 4.21. The maximum absolute atomic E-state index is 12.4. The topological polar surface area (TPSA) is 61.5 Å². The van der Waals surface area contributed by atoms with Crippen molar-refractivity contribution in [2.45, 2.75) is 6.92 Å². The van der Waals surface area contributed by atoms with Crippen LogP contribution in [-0.4, -0.2) is 19.5 Å². The first-order chi connectivity index (χ1) is 9.67. The molecular formula is C16H17NO3. The summed E-state index contributed by atoms with van der Waals surface area (Å²) in [6.45, 7) is 2.51. The lowest BCUT2D eigenvalue weighted by atomic mass is 10.0. The van der Waals surface area contributed by atoms with E-state index >= 15 is 0 Å². The molecule has 0 aliphatic heterocycles. The zero-order valence-electron chi connectivity index (χ0n) is 11.6.